The summed E-state index contributed by atoms with van der Waals surface area (Å²) in [6.45, 7) is 5.07. The third-order valence-corrected chi connectivity index (χ3v) is 5.83. The van der Waals surface area contributed by atoms with Crippen LogP contribution in [0.25, 0.3) is 0 Å². The van der Waals surface area contributed by atoms with E-state index < -0.39 is 35.2 Å². The summed E-state index contributed by atoms with van der Waals surface area (Å²) in [5, 5.41) is -0.0970. The van der Waals surface area contributed by atoms with E-state index in [0.717, 1.165) is 0 Å². The molecule has 7 heteroatoms. The number of ether oxygens (including phenoxy) is 3. The molecule has 150 valence electrons. The topological polar surface area (TPSA) is 78.9 Å². The van der Waals surface area contributed by atoms with Gasteiger partial charge in [0.1, 0.15) is 5.60 Å². The van der Waals surface area contributed by atoms with E-state index in [1.165, 1.54) is 14.0 Å². The average molecular weight is 407 g/mol. The number of allylic oxidation sites excluding steroid dienone is 1. The van der Waals surface area contributed by atoms with E-state index in [0.29, 0.717) is 5.56 Å². The van der Waals surface area contributed by atoms with Crippen molar-refractivity contribution in [1.82, 2.24) is 0 Å². The maximum Gasteiger partial charge on any atom is 0.339 e. The molecule has 1 spiro atoms. The van der Waals surface area contributed by atoms with E-state index in [1.807, 2.05) is 6.07 Å². The molecule has 28 heavy (non-hydrogen) atoms. The highest BCUT2D eigenvalue weighted by molar-refractivity contribution is 6.47. The van der Waals surface area contributed by atoms with Crippen LogP contribution in [0, 0.1) is 0 Å². The van der Waals surface area contributed by atoms with Crippen LogP contribution in [-0.2, 0) is 28.6 Å². The van der Waals surface area contributed by atoms with Crippen LogP contribution in [0.4, 0.5) is 0 Å². The Morgan fingerprint density at radius 2 is 1.89 bits per heavy atom. The second kappa shape index (κ2) is 7.43. The Bertz CT molecular complexity index is 844. The van der Waals surface area contributed by atoms with Gasteiger partial charge in [0.05, 0.1) is 23.8 Å². The lowest BCUT2D eigenvalue weighted by Gasteiger charge is -2.32. The molecule has 0 aromatic heterocycles. The molecule has 2 aliphatic rings. The van der Waals surface area contributed by atoms with Crippen molar-refractivity contribution in [3.63, 3.8) is 0 Å². The quantitative estimate of drug-likeness (QED) is 0.714. The van der Waals surface area contributed by atoms with Gasteiger partial charge in [-0.3, -0.25) is 9.59 Å². The molecular weight excluding hydrogens is 384 g/mol. The molecule has 3 rings (SSSR count). The zero-order valence-corrected chi connectivity index (χ0v) is 17.0. The fourth-order valence-corrected chi connectivity index (χ4v) is 4.03. The fraction of sp³-hybridized carbons (Fsp3) is 0.476. The van der Waals surface area contributed by atoms with Gasteiger partial charge in [-0.2, -0.15) is 0 Å². The van der Waals surface area contributed by atoms with E-state index in [4.69, 9.17) is 25.8 Å². The molecular formula is C21H23ClO6. The first-order chi connectivity index (χ1) is 13.1. The largest absolute Gasteiger partial charge is 0.467 e. The van der Waals surface area contributed by atoms with Gasteiger partial charge in [0, 0.05) is 18.4 Å². The average Bonchev–Trinajstić information content (AvgIpc) is 2.93. The van der Waals surface area contributed by atoms with Crippen molar-refractivity contribution in [2.75, 3.05) is 7.11 Å². The summed E-state index contributed by atoms with van der Waals surface area (Å²) in [7, 11) is 1.29. The molecule has 0 unspecified atom stereocenters. The highest BCUT2D eigenvalue weighted by Crippen LogP contribution is 2.47. The van der Waals surface area contributed by atoms with Crippen molar-refractivity contribution in [3.05, 3.63) is 46.5 Å². The monoisotopic (exact) mass is 406 g/mol. The standard InChI is InChI=1S/C21H23ClO6/c1-12-14(23)10-21(18(24)16(12)22)11-15(20(2,3)28-21)27-17(19(25)26-4)13-8-6-5-7-9-13/h5-9,15,17H,10-11H2,1-4H3/t15-,17+,21+/m1/s1. The number of Topliss-reactive ketones (excluding diaryl/α,β-unsaturated/α-hetero) is 2. The van der Waals surface area contributed by atoms with Gasteiger partial charge in [0.2, 0.25) is 5.78 Å². The number of benzene rings is 1. The molecule has 1 aliphatic heterocycles. The minimum atomic E-state index is -1.38. The highest BCUT2D eigenvalue weighted by Gasteiger charge is 2.59. The number of esters is 1. The number of carbonyl (C=O) groups excluding carboxylic acids is 3. The summed E-state index contributed by atoms with van der Waals surface area (Å²) in [5.74, 6) is -1.20. The minimum absolute atomic E-state index is 0.0919. The molecule has 1 saturated heterocycles. The second-order valence-corrected chi connectivity index (χ2v) is 8.09. The highest BCUT2D eigenvalue weighted by atomic mass is 35.5. The van der Waals surface area contributed by atoms with Crippen LogP contribution in [0.2, 0.25) is 0 Å². The van der Waals surface area contributed by atoms with E-state index in [9.17, 15) is 14.4 Å². The van der Waals surface area contributed by atoms with Crippen molar-refractivity contribution in [1.29, 1.82) is 0 Å². The minimum Gasteiger partial charge on any atom is -0.467 e. The molecule has 1 aromatic rings. The normalized spacial score (nSPS) is 28.0. The first kappa shape index (κ1) is 20.7. The first-order valence-electron chi connectivity index (χ1n) is 9.04. The SMILES string of the molecule is COC(=O)[C@@H](O[C@@H]1C[C@]2(CC(=O)C(C)=C(Cl)C2=O)OC1(C)C)c1ccccc1. The van der Waals surface area contributed by atoms with Crippen LogP contribution in [0.5, 0.6) is 0 Å². The first-order valence-corrected chi connectivity index (χ1v) is 9.42. The van der Waals surface area contributed by atoms with Crippen molar-refractivity contribution in [2.24, 2.45) is 0 Å². The van der Waals surface area contributed by atoms with Gasteiger partial charge in [0.15, 0.2) is 11.9 Å². The predicted molar refractivity (Wildman–Crippen MR) is 102 cm³/mol. The number of hydrogen-bond acceptors (Lipinski definition) is 6. The number of carbonyl (C=O) groups is 3. The second-order valence-electron chi connectivity index (χ2n) is 7.71. The summed E-state index contributed by atoms with van der Waals surface area (Å²) in [6.07, 6.45) is -1.58. The molecule has 3 atom stereocenters. The van der Waals surface area contributed by atoms with Crippen LogP contribution in [0.3, 0.4) is 0 Å². The zero-order chi connectivity index (χ0) is 20.7. The third-order valence-electron chi connectivity index (χ3n) is 5.37. The molecule has 0 amide bonds. The van der Waals surface area contributed by atoms with Gasteiger partial charge in [-0.15, -0.1) is 0 Å². The van der Waals surface area contributed by atoms with Gasteiger partial charge < -0.3 is 14.2 Å². The number of hydrogen-bond donors (Lipinski definition) is 0. The molecule has 0 bridgehead atoms. The zero-order valence-electron chi connectivity index (χ0n) is 16.3. The Balaban J connectivity index is 1.92. The maximum atomic E-state index is 12.9. The van der Waals surface area contributed by atoms with E-state index in [-0.39, 0.29) is 29.2 Å². The summed E-state index contributed by atoms with van der Waals surface area (Å²) in [4.78, 5) is 37.6. The fourth-order valence-electron chi connectivity index (χ4n) is 3.75. The van der Waals surface area contributed by atoms with Gasteiger partial charge in [0.25, 0.3) is 0 Å². The van der Waals surface area contributed by atoms with Crippen LogP contribution in [0.15, 0.2) is 40.9 Å². The van der Waals surface area contributed by atoms with Crippen LogP contribution >= 0.6 is 11.6 Å². The van der Waals surface area contributed by atoms with Crippen molar-refractivity contribution in [2.45, 2.75) is 57.0 Å². The van der Waals surface area contributed by atoms with Gasteiger partial charge in [-0.05, 0) is 26.3 Å². The van der Waals surface area contributed by atoms with Crippen LogP contribution in [-0.4, -0.2) is 42.0 Å². The molecule has 0 radical (unpaired) electrons. The van der Waals surface area contributed by atoms with Gasteiger partial charge in [-0.1, -0.05) is 41.9 Å². The Morgan fingerprint density at radius 3 is 2.50 bits per heavy atom. The summed E-state index contributed by atoms with van der Waals surface area (Å²) < 4.78 is 17.1. The summed E-state index contributed by atoms with van der Waals surface area (Å²) in [5.41, 5.74) is -1.41. The van der Waals surface area contributed by atoms with Gasteiger partial charge in [-0.25, -0.2) is 4.79 Å². The number of ketones is 2. The van der Waals surface area contributed by atoms with E-state index in [1.54, 1.807) is 38.1 Å². The lowest BCUT2D eigenvalue weighted by molar-refractivity contribution is -0.169. The Morgan fingerprint density at radius 1 is 1.25 bits per heavy atom. The molecule has 1 heterocycles. The third kappa shape index (κ3) is 3.52. The van der Waals surface area contributed by atoms with Crippen molar-refractivity contribution in [3.8, 4) is 0 Å². The lowest BCUT2D eigenvalue weighted by Crippen LogP contribution is -2.46. The van der Waals surface area contributed by atoms with E-state index in [2.05, 4.69) is 0 Å². The predicted octanol–water partition coefficient (Wildman–Crippen LogP) is 3.28. The van der Waals surface area contributed by atoms with Gasteiger partial charge >= 0.3 is 5.97 Å². The molecule has 1 aromatic carbocycles. The van der Waals surface area contributed by atoms with E-state index >= 15 is 0 Å². The molecule has 1 fully saturated rings. The molecule has 1 aliphatic carbocycles. The maximum absolute atomic E-state index is 12.9. The van der Waals surface area contributed by atoms with Crippen molar-refractivity contribution < 1.29 is 28.6 Å². The summed E-state index contributed by atoms with van der Waals surface area (Å²) >= 11 is 6.11. The Labute approximate surface area is 168 Å². The van der Waals surface area contributed by atoms with Crippen LogP contribution < -0.4 is 0 Å². The molecule has 6 nitrogen and oxygen atoms in total. The number of rotatable bonds is 4. The molecule has 0 N–H and O–H groups in total. The Hall–Kier alpha value is -2.02. The summed E-state index contributed by atoms with van der Waals surface area (Å²) in [6, 6.07) is 8.95. The Kier molecular flexibility index (Phi) is 5.49. The number of halogens is 1. The lowest BCUT2D eigenvalue weighted by atomic mass is 9.80. The smallest absolute Gasteiger partial charge is 0.339 e. The van der Waals surface area contributed by atoms with Crippen LogP contribution in [0.1, 0.15) is 45.3 Å². The number of methoxy groups -OCH3 is 1. The molecule has 0 saturated carbocycles. The van der Waals surface area contributed by atoms with Crippen molar-refractivity contribution >= 4 is 29.1 Å².